The summed E-state index contributed by atoms with van der Waals surface area (Å²) in [6.07, 6.45) is 1.15. The number of imidazole rings is 1. The van der Waals surface area contributed by atoms with Crippen molar-refractivity contribution in [2.24, 2.45) is 0 Å². The van der Waals surface area contributed by atoms with Gasteiger partial charge in [-0.15, -0.1) is 0 Å². The number of rotatable bonds is 16. The minimum absolute atomic E-state index is 0.0205. The first-order chi connectivity index (χ1) is 28.7. The molecular weight excluding hydrogens is 788 g/mol. The molecule has 0 saturated carbocycles. The molecule has 1 fully saturated rings. The summed E-state index contributed by atoms with van der Waals surface area (Å²) in [4.78, 5) is 27.9. The Balaban J connectivity index is 0.000000768. The van der Waals surface area contributed by atoms with Gasteiger partial charge in [-0.3, -0.25) is 9.36 Å². The Morgan fingerprint density at radius 3 is 1.92 bits per heavy atom. The predicted molar refractivity (Wildman–Crippen MR) is 229 cm³/mol. The van der Waals surface area contributed by atoms with Crippen LogP contribution >= 0.6 is 7.23 Å². The van der Waals surface area contributed by atoms with E-state index in [-0.39, 0.29) is 24.8 Å². The first-order valence-corrected chi connectivity index (χ1v) is 21.8. The topological polar surface area (TPSA) is 140 Å². The molecular formula is C44H50N6O7PS+. The monoisotopic (exact) mass is 837 g/mol. The fraction of sp³-hybridized carbons (Fsp3) is 0.318. The molecule has 308 valence electrons. The lowest BCUT2D eigenvalue weighted by Crippen LogP contribution is -3.11. The number of carbonyl (C=O) groups is 1. The van der Waals surface area contributed by atoms with E-state index in [4.69, 9.17) is 35.7 Å². The summed E-state index contributed by atoms with van der Waals surface area (Å²) in [5.41, 5.74) is 2.72. The molecule has 13 nitrogen and oxygen atoms in total. The molecule has 1 unspecified atom stereocenters. The number of benzene rings is 4. The quantitative estimate of drug-likeness (QED) is 0.0597. The van der Waals surface area contributed by atoms with Crippen LogP contribution in [0, 0.1) is 0 Å². The van der Waals surface area contributed by atoms with Crippen LogP contribution in [0.3, 0.4) is 0 Å². The van der Waals surface area contributed by atoms with Crippen LogP contribution in [0.5, 0.6) is 11.5 Å². The van der Waals surface area contributed by atoms with E-state index in [2.05, 4.69) is 41.0 Å². The summed E-state index contributed by atoms with van der Waals surface area (Å²) in [5.74, 6) is 1.32. The smallest absolute Gasteiger partial charge is 0.372 e. The normalized spacial score (nSPS) is 16.7. The maximum atomic E-state index is 12.9. The van der Waals surface area contributed by atoms with E-state index in [1.807, 2.05) is 84.9 Å². The van der Waals surface area contributed by atoms with Gasteiger partial charge in [0.25, 0.3) is 5.91 Å². The third-order valence-electron chi connectivity index (χ3n) is 10.5. The fourth-order valence-electron chi connectivity index (χ4n) is 7.20. The largest absolute Gasteiger partial charge is 0.497 e. The summed E-state index contributed by atoms with van der Waals surface area (Å²) >= 11 is 5.00. The third-order valence-corrected chi connectivity index (χ3v) is 11.2. The molecule has 4 aromatic carbocycles. The van der Waals surface area contributed by atoms with Crippen LogP contribution in [0.2, 0.25) is 0 Å². The molecule has 1 amide bonds. The van der Waals surface area contributed by atoms with Gasteiger partial charge < -0.3 is 41.4 Å². The number of methoxy groups -OCH3 is 2. The van der Waals surface area contributed by atoms with Crippen molar-refractivity contribution in [2.45, 2.75) is 51.2 Å². The molecule has 1 aliphatic rings. The lowest BCUT2D eigenvalue weighted by molar-refractivity contribution is -0.894. The molecule has 6 aromatic rings. The summed E-state index contributed by atoms with van der Waals surface area (Å²) in [7, 11) is 0.843. The Kier molecular flexibility index (Phi) is 15.2. The number of amides is 1. The van der Waals surface area contributed by atoms with Crippen molar-refractivity contribution < 1.29 is 37.7 Å². The molecule has 0 spiro atoms. The van der Waals surface area contributed by atoms with Gasteiger partial charge in [0.15, 0.2) is 17.0 Å². The molecule has 0 radical (unpaired) electrons. The number of nitrogens with one attached hydrogen (secondary N) is 2. The first-order valence-electron chi connectivity index (χ1n) is 19.6. The van der Waals surface area contributed by atoms with E-state index in [9.17, 15) is 9.36 Å². The molecule has 0 aliphatic carbocycles. The molecule has 15 heteroatoms. The van der Waals surface area contributed by atoms with Crippen molar-refractivity contribution >= 4 is 42.4 Å². The average Bonchev–Trinajstić information content (AvgIpc) is 3.90. The highest BCUT2D eigenvalue weighted by Gasteiger charge is 2.45. The maximum Gasteiger partial charge on any atom is 0.372 e. The number of carbonyl (C=O) groups excluding carboxylic acids is 1. The van der Waals surface area contributed by atoms with Gasteiger partial charge in [-0.2, -0.15) is 4.52 Å². The van der Waals surface area contributed by atoms with Gasteiger partial charge in [-0.1, -0.05) is 77.4 Å². The van der Waals surface area contributed by atoms with E-state index >= 15 is 0 Å². The number of quaternary nitrogens is 1. The van der Waals surface area contributed by atoms with E-state index in [0.717, 1.165) is 16.7 Å². The van der Waals surface area contributed by atoms with Crippen LogP contribution in [-0.4, -0.2) is 78.1 Å². The standard InChI is InChI=1S/C38H34N5O7PS.C6H15N/c1-46-29-17-13-27(14-18-29)38(26-11-7-4-8-12-26,28-15-19-30(47-2)20-16-28)48-22-32-31(50-51(45)52)21-33(49-32)43-24-41-34-35(39-23-40-36(34)43)42-37(44)25-9-5-3-6-10-25;1-4-7(5-2)6-3/h3-20,23-24,31-33H,21-22H2,1-2H3,(H,39,40,42,44);4-6H2,1-3H3/p+1/t31-,32+,33+;/m0./s1. The number of fused-ring (bicyclic) bond motifs is 1. The third kappa shape index (κ3) is 10.2. The van der Waals surface area contributed by atoms with Gasteiger partial charge in [-0.05, 0) is 73.9 Å². The number of anilines is 1. The zero-order valence-electron chi connectivity index (χ0n) is 33.8. The van der Waals surface area contributed by atoms with E-state index in [1.54, 1.807) is 54.3 Å². The van der Waals surface area contributed by atoms with Crippen molar-refractivity contribution in [3.05, 3.63) is 144 Å². The van der Waals surface area contributed by atoms with Crippen molar-refractivity contribution in [3.8, 4) is 11.5 Å². The van der Waals surface area contributed by atoms with Gasteiger partial charge in [0.1, 0.15) is 41.9 Å². The van der Waals surface area contributed by atoms with Gasteiger partial charge >= 0.3 is 7.23 Å². The SMILES string of the molecule is CC[NH+](CC)CC.COc1ccc(C(OC[C@H]2O[C@@H](n3cnc4c(NC(=O)c5ccccc5)ncnc43)C[C@@H]2O[P+](=O)[S-])(c2ccccc2)c2ccc(OC)cc2)cc1. The highest BCUT2D eigenvalue weighted by Crippen LogP contribution is 2.44. The molecule has 1 saturated heterocycles. The van der Waals surface area contributed by atoms with Gasteiger partial charge in [0, 0.05) is 12.0 Å². The molecule has 59 heavy (non-hydrogen) atoms. The second-order valence-corrected chi connectivity index (χ2v) is 15.3. The Labute approximate surface area is 351 Å². The van der Waals surface area contributed by atoms with Crippen LogP contribution in [-0.2, 0) is 36.4 Å². The van der Waals surface area contributed by atoms with Crippen molar-refractivity contribution in [1.29, 1.82) is 0 Å². The lowest BCUT2D eigenvalue weighted by atomic mass is 9.80. The van der Waals surface area contributed by atoms with Crippen molar-refractivity contribution in [3.63, 3.8) is 0 Å². The van der Waals surface area contributed by atoms with Gasteiger partial charge in [-0.25, -0.2) is 15.0 Å². The highest BCUT2D eigenvalue weighted by atomic mass is 32.7. The number of aromatic nitrogens is 4. The first kappa shape index (κ1) is 43.4. The Morgan fingerprint density at radius 2 is 1.39 bits per heavy atom. The van der Waals surface area contributed by atoms with E-state index in [0.29, 0.717) is 28.2 Å². The van der Waals surface area contributed by atoms with Crippen LogP contribution in [0.1, 0.15) is 60.5 Å². The number of ether oxygens (including phenoxy) is 4. The zero-order valence-corrected chi connectivity index (χ0v) is 35.5. The molecule has 2 N–H and O–H groups in total. The summed E-state index contributed by atoms with van der Waals surface area (Å²) < 4.78 is 44.5. The molecule has 1 aliphatic heterocycles. The number of nitrogens with zero attached hydrogens (tertiary/aromatic N) is 4. The van der Waals surface area contributed by atoms with Crippen molar-refractivity contribution in [1.82, 2.24) is 19.5 Å². The van der Waals surface area contributed by atoms with Crippen LogP contribution in [0.15, 0.2) is 122 Å². The maximum absolute atomic E-state index is 12.9. The summed E-state index contributed by atoms with van der Waals surface area (Å²) in [6, 6.07) is 34.1. The number of hydrogen-bond donors (Lipinski definition) is 2. The molecule has 3 heterocycles. The van der Waals surface area contributed by atoms with Crippen LogP contribution in [0.4, 0.5) is 5.82 Å². The molecule has 2 aromatic heterocycles. The fourth-order valence-corrected chi connectivity index (χ4v) is 7.97. The second-order valence-electron chi connectivity index (χ2n) is 13.7. The number of hydrogen-bond acceptors (Lipinski definition) is 11. The molecule has 4 atom stereocenters. The minimum atomic E-state index is -2.40. The zero-order chi connectivity index (χ0) is 41.8. The molecule has 0 bridgehead atoms. The predicted octanol–water partition coefficient (Wildman–Crippen LogP) is 6.91. The van der Waals surface area contributed by atoms with Crippen molar-refractivity contribution in [2.75, 3.05) is 45.8 Å². The van der Waals surface area contributed by atoms with Crippen LogP contribution in [0.25, 0.3) is 11.2 Å². The van der Waals surface area contributed by atoms with Gasteiger partial charge in [0.05, 0.1) is 46.8 Å². The Bertz CT molecular complexity index is 2210. The minimum Gasteiger partial charge on any atom is -0.497 e. The molecule has 7 rings (SSSR count). The highest BCUT2D eigenvalue weighted by molar-refractivity contribution is 8.25. The Hall–Kier alpha value is -5.21. The van der Waals surface area contributed by atoms with Gasteiger partial charge in [0.2, 0.25) is 0 Å². The summed E-state index contributed by atoms with van der Waals surface area (Å²) in [6.45, 7) is 10.5. The van der Waals surface area contributed by atoms with E-state index in [1.165, 1.54) is 26.0 Å². The average molecular weight is 838 g/mol. The van der Waals surface area contributed by atoms with Crippen LogP contribution < -0.4 is 19.7 Å². The summed E-state index contributed by atoms with van der Waals surface area (Å²) in [5, 5.41) is 2.83. The Morgan fingerprint density at radius 1 is 0.831 bits per heavy atom. The van der Waals surface area contributed by atoms with E-state index < -0.39 is 31.3 Å². The second kappa shape index (κ2) is 20.7. The lowest BCUT2D eigenvalue weighted by Gasteiger charge is -2.37.